The molecule has 6 heteroatoms. The van der Waals surface area contributed by atoms with E-state index in [-0.39, 0.29) is 61.2 Å². The molecule has 0 bridgehead atoms. The van der Waals surface area contributed by atoms with Crippen molar-refractivity contribution in [2.75, 3.05) is 0 Å². The van der Waals surface area contributed by atoms with E-state index >= 15 is 0 Å². The van der Waals surface area contributed by atoms with E-state index in [0.717, 1.165) is 33.6 Å². The third-order valence-corrected chi connectivity index (χ3v) is 9.27. The van der Waals surface area contributed by atoms with Gasteiger partial charge < -0.3 is 16.0 Å². The molecule has 45 heavy (non-hydrogen) atoms. The summed E-state index contributed by atoms with van der Waals surface area (Å²) in [5.41, 5.74) is 5.84. The second kappa shape index (κ2) is 16.5. The maximum atomic E-state index is 4.52. The van der Waals surface area contributed by atoms with Crippen LogP contribution in [0.3, 0.4) is 0 Å². The molecule has 0 saturated heterocycles. The van der Waals surface area contributed by atoms with Crippen molar-refractivity contribution in [2.45, 2.75) is 19.6 Å². The normalized spacial score (nSPS) is 10.5. The van der Waals surface area contributed by atoms with Crippen molar-refractivity contribution in [1.29, 1.82) is 0 Å². The molecule has 0 N–H and O–H groups in total. The fourth-order valence-electron chi connectivity index (χ4n) is 4.88. The van der Waals surface area contributed by atoms with E-state index in [9.17, 15) is 0 Å². The SMILES string of the molecule is C[Si](C)(C)c1ccc(-c2[c-]cccc2)nc1.[B].[Ir].[Y].[c-]1ccc(-c2[c-]cc3c(ccc4ccccc43)c2)[c-]c1-c1ccccn1. The van der Waals surface area contributed by atoms with Gasteiger partial charge in [-0.3, -0.25) is 23.3 Å². The predicted molar refractivity (Wildman–Crippen MR) is 184 cm³/mol. The fraction of sp³-hybridized carbons (Fsp3) is 0.0769. The second-order valence-corrected chi connectivity index (χ2v) is 16.3. The second-order valence-electron chi connectivity index (χ2n) is 11.2. The Hall–Kier alpha value is -3.04. The van der Waals surface area contributed by atoms with Crippen molar-refractivity contribution in [3.63, 3.8) is 0 Å². The summed E-state index contributed by atoms with van der Waals surface area (Å²) in [4.78, 5) is 8.91. The van der Waals surface area contributed by atoms with Gasteiger partial charge in [-0.1, -0.05) is 90.7 Å². The Kier molecular flexibility index (Phi) is 13.4. The third kappa shape index (κ3) is 8.82. The van der Waals surface area contributed by atoms with Gasteiger partial charge in [-0.2, -0.15) is 5.56 Å². The molecule has 0 atom stereocenters. The molecule has 2 nitrogen and oxygen atoms in total. The van der Waals surface area contributed by atoms with Gasteiger partial charge >= 0.3 is 0 Å². The summed E-state index contributed by atoms with van der Waals surface area (Å²) in [6.07, 6.45) is 3.80. The van der Waals surface area contributed by atoms with Crippen molar-refractivity contribution in [1.82, 2.24) is 9.97 Å². The van der Waals surface area contributed by atoms with Crippen LogP contribution in [0.2, 0.25) is 19.6 Å². The molecule has 0 spiro atoms. The molecule has 5 aromatic carbocycles. The average molecular weight is 847 g/mol. The Bertz CT molecular complexity index is 1960. The number of rotatable bonds is 4. The van der Waals surface area contributed by atoms with Crippen LogP contribution < -0.4 is 5.19 Å². The van der Waals surface area contributed by atoms with Crippen LogP contribution in [0.1, 0.15) is 0 Å². The molecule has 0 aliphatic carbocycles. The van der Waals surface area contributed by atoms with Gasteiger partial charge in [0.25, 0.3) is 0 Å². The molecule has 0 amide bonds. The Labute approximate surface area is 308 Å². The first-order chi connectivity index (χ1) is 20.5. The largest absolute Gasteiger partial charge is 0.352 e. The van der Waals surface area contributed by atoms with Crippen LogP contribution in [-0.4, -0.2) is 26.5 Å². The van der Waals surface area contributed by atoms with Crippen LogP contribution in [0, 0.1) is 24.3 Å². The molecule has 0 unspecified atom stereocenters. The number of pyridine rings is 2. The third-order valence-electron chi connectivity index (χ3n) is 7.24. The van der Waals surface area contributed by atoms with Gasteiger partial charge in [-0.15, -0.1) is 65.5 Å². The Balaban J connectivity index is 0.000000254. The molecule has 5 radical (unpaired) electrons. The molecule has 0 aliphatic rings. The zero-order valence-electron chi connectivity index (χ0n) is 25.5. The monoisotopic (exact) mass is 847 g/mol. The van der Waals surface area contributed by atoms with E-state index < -0.39 is 8.07 Å². The van der Waals surface area contributed by atoms with E-state index in [1.54, 1.807) is 6.20 Å². The van der Waals surface area contributed by atoms with E-state index in [4.69, 9.17) is 0 Å². The minimum absolute atomic E-state index is 0. The van der Waals surface area contributed by atoms with Crippen LogP contribution in [-0.2, 0) is 52.8 Å². The molecule has 7 aromatic rings. The van der Waals surface area contributed by atoms with Crippen molar-refractivity contribution in [3.8, 4) is 33.6 Å². The standard InChI is InChI=1S/C25H14N.C14H16NSi.B.Ir.Y/c1-2-9-23-18(6-1)11-12-21-16-20(13-14-24(21)23)19-7-5-8-22(17-19)25-10-3-4-15-26-25;1-16(2,3)13-9-10-14(15-11-13)12-7-5-4-6-8-12;;;/h1-7,9-12,14-16H;4-7,9-11H,1-3H3;;;/q-3;-1;;;. The van der Waals surface area contributed by atoms with Crippen LogP contribution in [0.15, 0.2) is 128 Å². The number of hydrogen-bond acceptors (Lipinski definition) is 2. The Morgan fingerprint density at radius 2 is 1.38 bits per heavy atom. The maximum Gasteiger partial charge on any atom is 0.0795 e. The molecule has 0 saturated carbocycles. The zero-order valence-corrected chi connectivity index (χ0v) is 31.7. The summed E-state index contributed by atoms with van der Waals surface area (Å²) in [5, 5.41) is 6.33. The van der Waals surface area contributed by atoms with Gasteiger partial charge in [0.2, 0.25) is 0 Å². The van der Waals surface area contributed by atoms with Gasteiger partial charge in [0.1, 0.15) is 0 Å². The molecule has 219 valence electrons. The Morgan fingerprint density at radius 3 is 2.09 bits per heavy atom. The van der Waals surface area contributed by atoms with Crippen LogP contribution >= 0.6 is 0 Å². The summed E-state index contributed by atoms with van der Waals surface area (Å²) >= 11 is 0. The van der Waals surface area contributed by atoms with Gasteiger partial charge in [0.15, 0.2) is 0 Å². The zero-order chi connectivity index (χ0) is 28.9. The number of aromatic nitrogens is 2. The smallest absolute Gasteiger partial charge is 0.0795 e. The first-order valence-electron chi connectivity index (χ1n) is 14.1. The van der Waals surface area contributed by atoms with Gasteiger partial charge in [-0.05, 0) is 22.3 Å². The van der Waals surface area contributed by atoms with E-state index in [0.29, 0.717) is 0 Å². The molecular weight excluding hydrogens is 816 g/mol. The van der Waals surface area contributed by atoms with E-state index in [1.165, 1.54) is 26.7 Å². The van der Waals surface area contributed by atoms with E-state index in [2.05, 4.69) is 115 Å². The molecule has 2 heterocycles. The summed E-state index contributed by atoms with van der Waals surface area (Å²) in [5.74, 6) is 0. The summed E-state index contributed by atoms with van der Waals surface area (Å²) in [6.45, 7) is 7.00. The fourth-order valence-corrected chi connectivity index (χ4v) is 5.91. The molecular formula is C39H30BIrN2SiY-4. The predicted octanol–water partition coefficient (Wildman–Crippen LogP) is 8.83. The van der Waals surface area contributed by atoms with Crippen LogP contribution in [0.25, 0.3) is 55.2 Å². The number of benzene rings is 5. The minimum Gasteiger partial charge on any atom is -0.352 e. The maximum absolute atomic E-state index is 4.52. The summed E-state index contributed by atoms with van der Waals surface area (Å²) in [7, 11) is -1.23. The number of fused-ring (bicyclic) bond motifs is 3. The van der Waals surface area contributed by atoms with Crippen molar-refractivity contribution in [3.05, 3.63) is 152 Å². The molecule has 7 rings (SSSR count). The first-order valence-corrected chi connectivity index (χ1v) is 17.6. The van der Waals surface area contributed by atoms with Crippen molar-refractivity contribution >= 4 is 43.2 Å². The van der Waals surface area contributed by atoms with Gasteiger partial charge in [0.05, 0.1) is 8.07 Å². The molecule has 2 aromatic heterocycles. The quantitative estimate of drug-likeness (QED) is 0.101. The summed E-state index contributed by atoms with van der Waals surface area (Å²) < 4.78 is 0. The van der Waals surface area contributed by atoms with Crippen molar-refractivity contribution < 1.29 is 52.8 Å². The van der Waals surface area contributed by atoms with Gasteiger partial charge in [-0.25, -0.2) is 6.07 Å². The van der Waals surface area contributed by atoms with Crippen LogP contribution in [0.4, 0.5) is 0 Å². The minimum atomic E-state index is -1.23. The van der Waals surface area contributed by atoms with Crippen LogP contribution in [0.5, 0.6) is 0 Å². The topological polar surface area (TPSA) is 25.8 Å². The number of hydrogen-bond donors (Lipinski definition) is 0. The van der Waals surface area contributed by atoms with E-state index in [1.807, 2.05) is 60.8 Å². The molecule has 0 aliphatic heterocycles. The average Bonchev–Trinajstić information content (AvgIpc) is 3.05. The molecule has 0 fully saturated rings. The van der Waals surface area contributed by atoms with Gasteiger partial charge in [0, 0.05) is 73.6 Å². The summed E-state index contributed by atoms with van der Waals surface area (Å²) in [6, 6.07) is 52.4. The Morgan fingerprint density at radius 1 is 0.600 bits per heavy atom. The van der Waals surface area contributed by atoms with Crippen molar-refractivity contribution in [2.24, 2.45) is 0 Å². The number of nitrogens with zero attached hydrogens (tertiary/aromatic N) is 2. The first kappa shape index (κ1) is 36.4.